The van der Waals surface area contributed by atoms with Crippen molar-refractivity contribution in [3.8, 4) is 11.6 Å². The van der Waals surface area contributed by atoms with E-state index in [1.165, 1.54) is 24.3 Å². The van der Waals surface area contributed by atoms with E-state index >= 15 is 0 Å². The fourth-order valence-corrected chi connectivity index (χ4v) is 5.55. The fourth-order valence-electron chi connectivity index (χ4n) is 3.75. The summed E-state index contributed by atoms with van der Waals surface area (Å²) in [6, 6.07) is 14.5. The van der Waals surface area contributed by atoms with E-state index in [0.717, 1.165) is 38.8 Å². The summed E-state index contributed by atoms with van der Waals surface area (Å²) in [7, 11) is -4.29. The molecule has 14 heteroatoms. The average Bonchev–Trinajstić information content (AvgIpc) is 3.17. The third-order valence-corrected chi connectivity index (χ3v) is 7.92. The highest BCUT2D eigenvalue weighted by atomic mass is 35.5. The molecular formula is C25H22ClF3N6O3S. The number of anilines is 2. The molecule has 0 aliphatic carbocycles. The number of rotatable bonds is 7. The number of sulfonamides is 1. The summed E-state index contributed by atoms with van der Waals surface area (Å²) in [5.74, 6) is -0.655. The Balaban J connectivity index is 1.72. The van der Waals surface area contributed by atoms with Gasteiger partial charge in [0.05, 0.1) is 22.0 Å². The molecule has 0 aliphatic rings. The number of benzene rings is 3. The molecule has 0 saturated heterocycles. The second kappa shape index (κ2) is 10.6. The van der Waals surface area contributed by atoms with Gasteiger partial charge in [-0.05, 0) is 67.9 Å². The molecular weight excluding hydrogens is 557 g/mol. The van der Waals surface area contributed by atoms with Crippen molar-refractivity contribution in [2.45, 2.75) is 24.9 Å². The van der Waals surface area contributed by atoms with E-state index in [1.54, 1.807) is 25.1 Å². The molecule has 0 aliphatic heterocycles. The van der Waals surface area contributed by atoms with E-state index < -0.39 is 27.6 Å². The van der Waals surface area contributed by atoms with Crippen LogP contribution in [0.2, 0.25) is 5.02 Å². The SMILES string of the molecule is CCN(c1ccc(C(F)(F)F)cc1)S(=O)(=O)c1ccccc1/N=N/c1c(N)nn(-c2cc(C)ccc2Cl)c1O. The van der Waals surface area contributed by atoms with E-state index in [4.69, 9.17) is 17.3 Å². The zero-order valence-electron chi connectivity index (χ0n) is 20.6. The Kier molecular flexibility index (Phi) is 7.57. The number of halogens is 4. The number of aryl methyl sites for hydroxylation is 1. The quantitative estimate of drug-likeness (QED) is 0.234. The first-order chi connectivity index (χ1) is 18.3. The summed E-state index contributed by atoms with van der Waals surface area (Å²) >= 11 is 6.24. The highest BCUT2D eigenvalue weighted by Crippen LogP contribution is 2.39. The number of azo groups is 1. The Labute approximate surface area is 227 Å². The van der Waals surface area contributed by atoms with Crippen LogP contribution in [0.1, 0.15) is 18.1 Å². The van der Waals surface area contributed by atoms with Gasteiger partial charge in [0, 0.05) is 6.54 Å². The number of hydrogen-bond donors (Lipinski definition) is 2. The van der Waals surface area contributed by atoms with Crippen LogP contribution in [0.25, 0.3) is 5.69 Å². The predicted octanol–water partition coefficient (Wildman–Crippen LogP) is 6.77. The summed E-state index contributed by atoms with van der Waals surface area (Å²) in [4.78, 5) is -0.261. The van der Waals surface area contributed by atoms with Crippen molar-refractivity contribution < 1.29 is 26.7 Å². The van der Waals surface area contributed by atoms with Crippen LogP contribution in [0.5, 0.6) is 5.88 Å². The Morgan fingerprint density at radius 1 is 1.08 bits per heavy atom. The molecule has 3 aromatic carbocycles. The fraction of sp³-hybridized carbons (Fsp3) is 0.160. The first kappa shape index (κ1) is 27.9. The Hall–Kier alpha value is -4.10. The molecule has 0 atom stereocenters. The number of nitrogen functional groups attached to an aromatic ring is 1. The van der Waals surface area contributed by atoms with Gasteiger partial charge in [-0.3, -0.25) is 4.31 Å². The predicted molar refractivity (Wildman–Crippen MR) is 142 cm³/mol. The van der Waals surface area contributed by atoms with Gasteiger partial charge in [-0.15, -0.1) is 15.3 Å². The van der Waals surface area contributed by atoms with Crippen molar-refractivity contribution in [1.82, 2.24) is 9.78 Å². The molecule has 0 fully saturated rings. The Morgan fingerprint density at radius 2 is 1.74 bits per heavy atom. The number of alkyl halides is 3. The van der Waals surface area contributed by atoms with Crippen molar-refractivity contribution in [3.05, 3.63) is 82.9 Å². The third-order valence-electron chi connectivity index (χ3n) is 5.65. The summed E-state index contributed by atoms with van der Waals surface area (Å²) in [6.45, 7) is 3.30. The van der Waals surface area contributed by atoms with Crippen molar-refractivity contribution >= 4 is 44.5 Å². The van der Waals surface area contributed by atoms with Gasteiger partial charge < -0.3 is 10.8 Å². The molecule has 39 heavy (non-hydrogen) atoms. The van der Waals surface area contributed by atoms with E-state index in [1.807, 2.05) is 6.92 Å². The lowest BCUT2D eigenvalue weighted by Gasteiger charge is -2.23. The van der Waals surface area contributed by atoms with Gasteiger partial charge in [0.2, 0.25) is 5.88 Å². The lowest BCUT2D eigenvalue weighted by Crippen LogP contribution is -2.30. The first-order valence-corrected chi connectivity index (χ1v) is 13.2. The first-order valence-electron chi connectivity index (χ1n) is 11.4. The van der Waals surface area contributed by atoms with E-state index in [0.29, 0.717) is 10.7 Å². The number of nitrogens with two attached hydrogens (primary N) is 1. The highest BCUT2D eigenvalue weighted by Gasteiger charge is 2.31. The lowest BCUT2D eigenvalue weighted by molar-refractivity contribution is -0.137. The maximum absolute atomic E-state index is 13.6. The van der Waals surface area contributed by atoms with Gasteiger partial charge >= 0.3 is 6.18 Å². The average molecular weight is 579 g/mol. The third kappa shape index (κ3) is 5.54. The lowest BCUT2D eigenvalue weighted by atomic mass is 10.2. The van der Waals surface area contributed by atoms with Crippen LogP contribution in [0, 0.1) is 6.92 Å². The highest BCUT2D eigenvalue weighted by molar-refractivity contribution is 7.93. The standard InChI is InChI=1S/C25H22ClF3N6O3S/c1-3-34(17-11-9-16(10-12-17)25(27,28)29)39(37,38)21-7-5-4-6-19(21)31-32-22-23(30)33-35(24(22)36)20-14-15(2)8-13-18(20)26/h4-14,36H,3H2,1-2H3,(H2,30,33)/b32-31+. The van der Waals surface area contributed by atoms with Gasteiger partial charge in [-0.25, -0.2) is 8.42 Å². The minimum Gasteiger partial charge on any atom is -0.492 e. The van der Waals surface area contributed by atoms with Crippen molar-refractivity contribution in [2.75, 3.05) is 16.6 Å². The van der Waals surface area contributed by atoms with Crippen LogP contribution in [-0.4, -0.2) is 29.8 Å². The molecule has 0 bridgehead atoms. The van der Waals surface area contributed by atoms with Gasteiger partial charge in [0.1, 0.15) is 10.6 Å². The van der Waals surface area contributed by atoms with Crippen LogP contribution < -0.4 is 10.0 Å². The molecule has 204 valence electrons. The van der Waals surface area contributed by atoms with Crippen molar-refractivity contribution in [3.63, 3.8) is 0 Å². The van der Waals surface area contributed by atoms with Crippen LogP contribution in [0.3, 0.4) is 0 Å². The van der Waals surface area contributed by atoms with Gasteiger partial charge in [0.25, 0.3) is 10.0 Å². The van der Waals surface area contributed by atoms with Crippen molar-refractivity contribution in [2.24, 2.45) is 10.2 Å². The molecule has 0 saturated carbocycles. The number of aromatic nitrogens is 2. The summed E-state index contributed by atoms with van der Waals surface area (Å²) in [5.41, 5.74) is 5.97. The zero-order chi connectivity index (χ0) is 28.5. The maximum Gasteiger partial charge on any atom is 0.416 e. The van der Waals surface area contributed by atoms with Crippen molar-refractivity contribution in [1.29, 1.82) is 0 Å². The van der Waals surface area contributed by atoms with Crippen LogP contribution in [0.15, 0.2) is 81.9 Å². The molecule has 0 spiro atoms. The van der Waals surface area contributed by atoms with E-state index in [9.17, 15) is 26.7 Å². The van der Waals surface area contributed by atoms with E-state index in [-0.39, 0.29) is 34.3 Å². The molecule has 0 radical (unpaired) electrons. The van der Waals surface area contributed by atoms with Gasteiger partial charge in [-0.2, -0.15) is 17.9 Å². The topological polar surface area (TPSA) is 126 Å². The van der Waals surface area contributed by atoms with Gasteiger partial charge in [0.15, 0.2) is 11.5 Å². The number of aromatic hydroxyl groups is 1. The van der Waals surface area contributed by atoms with Gasteiger partial charge in [-0.1, -0.05) is 29.8 Å². The Morgan fingerprint density at radius 3 is 2.38 bits per heavy atom. The molecule has 4 aromatic rings. The molecule has 0 unspecified atom stereocenters. The van der Waals surface area contributed by atoms with E-state index in [2.05, 4.69) is 15.3 Å². The molecule has 1 heterocycles. The number of nitrogens with zero attached hydrogens (tertiary/aromatic N) is 5. The zero-order valence-corrected chi connectivity index (χ0v) is 22.1. The monoisotopic (exact) mass is 578 g/mol. The largest absolute Gasteiger partial charge is 0.492 e. The minimum atomic E-state index is -4.56. The van der Waals surface area contributed by atoms with Crippen LogP contribution in [-0.2, 0) is 16.2 Å². The normalized spacial score (nSPS) is 12.3. The van der Waals surface area contributed by atoms with Crippen LogP contribution >= 0.6 is 11.6 Å². The second-order valence-corrected chi connectivity index (χ2v) is 10.5. The summed E-state index contributed by atoms with van der Waals surface area (Å²) in [6.07, 6.45) is -4.56. The minimum absolute atomic E-state index is 0.0374. The molecule has 1 aromatic heterocycles. The maximum atomic E-state index is 13.6. The molecule has 0 amide bonds. The Bertz CT molecular complexity index is 1650. The summed E-state index contributed by atoms with van der Waals surface area (Å²) in [5, 5.41) is 23.1. The number of hydrogen-bond acceptors (Lipinski definition) is 7. The molecule has 9 nitrogen and oxygen atoms in total. The molecule has 3 N–H and O–H groups in total. The second-order valence-electron chi connectivity index (χ2n) is 8.31. The molecule has 4 rings (SSSR count). The summed E-state index contributed by atoms with van der Waals surface area (Å²) < 4.78 is 68.1. The van der Waals surface area contributed by atoms with Crippen LogP contribution in [0.4, 0.5) is 36.1 Å². The smallest absolute Gasteiger partial charge is 0.416 e.